The first-order valence-corrected chi connectivity index (χ1v) is 5.88. The van der Waals surface area contributed by atoms with Gasteiger partial charge in [-0.1, -0.05) is 13.8 Å². The molecule has 0 aliphatic carbocycles. The molecule has 0 unspecified atom stereocenters. The molecule has 0 saturated heterocycles. The van der Waals surface area contributed by atoms with E-state index in [0.29, 0.717) is 0 Å². The van der Waals surface area contributed by atoms with Gasteiger partial charge in [-0.05, 0) is 53.5 Å². The molecule has 0 saturated carbocycles. The second-order valence-corrected chi connectivity index (χ2v) is 7.30. The van der Waals surface area contributed by atoms with Crippen LogP contribution in [-0.2, 0) is 0 Å². The van der Waals surface area contributed by atoms with E-state index in [1.54, 1.807) is 0 Å². The predicted molar refractivity (Wildman–Crippen MR) is 69.0 cm³/mol. The number of nitrogens with two attached hydrogens (primary N) is 1. The molecule has 2 N–H and O–H groups in total. The lowest BCUT2D eigenvalue weighted by Crippen LogP contribution is -2.56. The Hall–Kier alpha value is -0.0800. The van der Waals surface area contributed by atoms with Crippen LogP contribution in [0.2, 0.25) is 0 Å². The van der Waals surface area contributed by atoms with Gasteiger partial charge in [-0.2, -0.15) is 0 Å². The SMILES string of the molecule is CC(C)(CN)CN(C(C)(C)C)C(C)(C)C. The standard InChI is InChI=1S/C13H30N2/c1-11(2,3)15(12(4,5)6)10-13(7,8)9-14/h9-10,14H2,1-8H3. The molecule has 0 heterocycles. The van der Waals surface area contributed by atoms with Gasteiger partial charge in [0.15, 0.2) is 0 Å². The summed E-state index contributed by atoms with van der Waals surface area (Å²) in [7, 11) is 0. The van der Waals surface area contributed by atoms with Gasteiger partial charge in [-0.15, -0.1) is 0 Å². The molecule has 0 radical (unpaired) electrons. The fourth-order valence-electron chi connectivity index (χ4n) is 1.97. The van der Waals surface area contributed by atoms with Crippen LogP contribution < -0.4 is 5.73 Å². The van der Waals surface area contributed by atoms with Crippen molar-refractivity contribution in [2.75, 3.05) is 13.1 Å². The third-order valence-electron chi connectivity index (χ3n) is 2.76. The maximum Gasteiger partial charge on any atom is 0.0130 e. The maximum atomic E-state index is 5.81. The van der Waals surface area contributed by atoms with Gasteiger partial charge in [0.2, 0.25) is 0 Å². The largest absolute Gasteiger partial charge is 0.330 e. The molecule has 0 aromatic heterocycles. The third kappa shape index (κ3) is 4.98. The molecule has 0 amide bonds. The lowest BCUT2D eigenvalue weighted by atomic mass is 9.87. The Labute approximate surface area is 96.2 Å². The Balaban J connectivity index is 4.85. The molecule has 0 spiro atoms. The van der Waals surface area contributed by atoms with E-state index in [-0.39, 0.29) is 16.5 Å². The van der Waals surface area contributed by atoms with Crippen LogP contribution in [0.4, 0.5) is 0 Å². The summed E-state index contributed by atoms with van der Waals surface area (Å²) < 4.78 is 0. The van der Waals surface area contributed by atoms with Gasteiger partial charge in [0, 0.05) is 17.6 Å². The summed E-state index contributed by atoms with van der Waals surface area (Å²) in [5, 5.41) is 0. The highest BCUT2D eigenvalue weighted by Crippen LogP contribution is 2.29. The number of rotatable bonds is 3. The normalized spacial score (nSPS) is 14.8. The average Bonchev–Trinajstić information content (AvgIpc) is 1.96. The second kappa shape index (κ2) is 4.42. The fourth-order valence-corrected chi connectivity index (χ4v) is 1.97. The highest BCUT2D eigenvalue weighted by atomic mass is 15.2. The quantitative estimate of drug-likeness (QED) is 0.783. The molecule has 0 aromatic carbocycles. The van der Waals surface area contributed by atoms with Crippen LogP contribution in [0.15, 0.2) is 0 Å². The number of hydrogen-bond acceptors (Lipinski definition) is 2. The molecule has 92 valence electrons. The summed E-state index contributed by atoms with van der Waals surface area (Å²) in [5.41, 5.74) is 6.37. The van der Waals surface area contributed by atoms with E-state index in [4.69, 9.17) is 5.73 Å². The summed E-state index contributed by atoms with van der Waals surface area (Å²) in [6.45, 7) is 19.8. The van der Waals surface area contributed by atoms with Gasteiger partial charge in [0.1, 0.15) is 0 Å². The van der Waals surface area contributed by atoms with Crippen LogP contribution in [0.1, 0.15) is 55.4 Å². The van der Waals surface area contributed by atoms with Crippen molar-refractivity contribution in [1.82, 2.24) is 4.90 Å². The monoisotopic (exact) mass is 214 g/mol. The van der Waals surface area contributed by atoms with Crippen molar-refractivity contribution in [3.63, 3.8) is 0 Å². The minimum absolute atomic E-state index is 0.181. The van der Waals surface area contributed by atoms with Gasteiger partial charge in [0.25, 0.3) is 0 Å². The fraction of sp³-hybridized carbons (Fsp3) is 1.00. The number of hydrogen-bond donors (Lipinski definition) is 1. The summed E-state index contributed by atoms with van der Waals surface area (Å²) >= 11 is 0. The number of nitrogens with zero attached hydrogens (tertiary/aromatic N) is 1. The predicted octanol–water partition coefficient (Wildman–Crippen LogP) is 2.87. The van der Waals surface area contributed by atoms with Crippen LogP contribution in [0.5, 0.6) is 0 Å². The highest BCUT2D eigenvalue weighted by molar-refractivity contribution is 4.90. The minimum atomic E-state index is 0.181. The molecular formula is C13H30N2. The molecule has 0 aromatic rings. The molecule has 0 bridgehead atoms. The van der Waals surface area contributed by atoms with Crippen molar-refractivity contribution in [3.8, 4) is 0 Å². The first-order valence-electron chi connectivity index (χ1n) is 5.88. The zero-order valence-corrected chi connectivity index (χ0v) is 11.9. The maximum absolute atomic E-state index is 5.81. The van der Waals surface area contributed by atoms with Gasteiger partial charge in [-0.25, -0.2) is 0 Å². The summed E-state index contributed by atoms with van der Waals surface area (Å²) in [5.74, 6) is 0. The van der Waals surface area contributed by atoms with Crippen LogP contribution >= 0.6 is 0 Å². The lowest BCUT2D eigenvalue weighted by Gasteiger charge is -2.48. The molecule has 0 rings (SSSR count). The van der Waals surface area contributed by atoms with Crippen molar-refractivity contribution in [1.29, 1.82) is 0 Å². The third-order valence-corrected chi connectivity index (χ3v) is 2.76. The first-order chi connectivity index (χ1) is 6.40. The molecular weight excluding hydrogens is 184 g/mol. The zero-order valence-electron chi connectivity index (χ0n) is 11.9. The van der Waals surface area contributed by atoms with E-state index in [9.17, 15) is 0 Å². The van der Waals surface area contributed by atoms with Crippen LogP contribution in [0.3, 0.4) is 0 Å². The molecule has 15 heavy (non-hydrogen) atoms. The first kappa shape index (κ1) is 14.9. The van der Waals surface area contributed by atoms with Gasteiger partial charge >= 0.3 is 0 Å². The second-order valence-electron chi connectivity index (χ2n) is 7.30. The molecule has 0 atom stereocenters. The van der Waals surface area contributed by atoms with E-state index in [1.165, 1.54) is 0 Å². The Morgan fingerprint density at radius 2 is 1.13 bits per heavy atom. The Morgan fingerprint density at radius 1 is 0.800 bits per heavy atom. The van der Waals surface area contributed by atoms with Crippen LogP contribution in [0.25, 0.3) is 0 Å². The van der Waals surface area contributed by atoms with Crippen molar-refractivity contribution in [2.45, 2.75) is 66.5 Å². The summed E-state index contributed by atoms with van der Waals surface area (Å²) in [4.78, 5) is 2.53. The van der Waals surface area contributed by atoms with E-state index in [2.05, 4.69) is 60.3 Å². The minimum Gasteiger partial charge on any atom is -0.330 e. The Kier molecular flexibility index (Phi) is 4.40. The molecule has 2 nitrogen and oxygen atoms in total. The van der Waals surface area contributed by atoms with Gasteiger partial charge in [0.05, 0.1) is 0 Å². The molecule has 0 fully saturated rings. The van der Waals surface area contributed by atoms with Crippen LogP contribution in [-0.4, -0.2) is 29.1 Å². The van der Waals surface area contributed by atoms with Crippen molar-refractivity contribution < 1.29 is 0 Å². The van der Waals surface area contributed by atoms with E-state index in [0.717, 1.165) is 13.1 Å². The molecule has 0 aliphatic rings. The molecule has 2 heteroatoms. The molecule has 0 aliphatic heterocycles. The Bertz CT molecular complexity index is 180. The van der Waals surface area contributed by atoms with E-state index in [1.807, 2.05) is 0 Å². The Morgan fingerprint density at radius 3 is 1.33 bits per heavy atom. The van der Waals surface area contributed by atoms with Crippen LogP contribution in [0, 0.1) is 5.41 Å². The van der Waals surface area contributed by atoms with Gasteiger partial charge in [-0.3, -0.25) is 4.90 Å². The lowest BCUT2D eigenvalue weighted by molar-refractivity contribution is 0.00620. The van der Waals surface area contributed by atoms with E-state index >= 15 is 0 Å². The zero-order chi connectivity index (χ0) is 12.5. The van der Waals surface area contributed by atoms with Crippen molar-refractivity contribution >= 4 is 0 Å². The smallest absolute Gasteiger partial charge is 0.0130 e. The van der Waals surface area contributed by atoms with Crippen molar-refractivity contribution in [2.24, 2.45) is 11.1 Å². The van der Waals surface area contributed by atoms with Gasteiger partial charge < -0.3 is 5.73 Å². The van der Waals surface area contributed by atoms with E-state index < -0.39 is 0 Å². The topological polar surface area (TPSA) is 29.3 Å². The average molecular weight is 214 g/mol. The summed E-state index contributed by atoms with van der Waals surface area (Å²) in [6, 6.07) is 0. The summed E-state index contributed by atoms with van der Waals surface area (Å²) in [6.07, 6.45) is 0. The van der Waals surface area contributed by atoms with Crippen molar-refractivity contribution in [3.05, 3.63) is 0 Å². The highest BCUT2D eigenvalue weighted by Gasteiger charge is 2.34.